The highest BCUT2D eigenvalue weighted by Crippen LogP contribution is 2.26. The van der Waals surface area contributed by atoms with Crippen LogP contribution < -0.4 is 10.2 Å². The van der Waals surface area contributed by atoms with Gasteiger partial charge in [0.2, 0.25) is 0 Å². The second-order valence-corrected chi connectivity index (χ2v) is 6.06. The van der Waals surface area contributed by atoms with E-state index in [-0.39, 0.29) is 0 Å². The predicted octanol–water partition coefficient (Wildman–Crippen LogP) is 2.39. The summed E-state index contributed by atoms with van der Waals surface area (Å²) < 4.78 is 0. The van der Waals surface area contributed by atoms with Crippen LogP contribution in [0.25, 0.3) is 0 Å². The highest BCUT2D eigenvalue weighted by molar-refractivity contribution is 5.51. The molecule has 0 bridgehead atoms. The molecule has 5 nitrogen and oxygen atoms in total. The lowest BCUT2D eigenvalue weighted by molar-refractivity contribution is 0.371. The van der Waals surface area contributed by atoms with Gasteiger partial charge >= 0.3 is 0 Å². The second-order valence-electron chi connectivity index (χ2n) is 6.06. The molecule has 1 aromatic rings. The van der Waals surface area contributed by atoms with Crippen molar-refractivity contribution in [1.29, 1.82) is 0 Å². The molecule has 0 saturated carbocycles. The van der Waals surface area contributed by atoms with Crippen LogP contribution in [0, 0.1) is 0 Å². The fraction of sp³-hybridized carbons (Fsp3) is 0.750. The van der Waals surface area contributed by atoms with Gasteiger partial charge in [-0.2, -0.15) is 0 Å². The molecule has 1 N–H and O–H groups in total. The van der Waals surface area contributed by atoms with Gasteiger partial charge in [0.25, 0.3) is 0 Å². The van der Waals surface area contributed by atoms with Gasteiger partial charge in [0.1, 0.15) is 17.5 Å². The Morgan fingerprint density at radius 1 is 1.33 bits per heavy atom. The van der Waals surface area contributed by atoms with Gasteiger partial charge in [0.05, 0.1) is 0 Å². The quantitative estimate of drug-likeness (QED) is 0.835. The maximum absolute atomic E-state index is 4.76. The van der Waals surface area contributed by atoms with Crippen LogP contribution in [0.15, 0.2) is 6.07 Å². The zero-order valence-corrected chi connectivity index (χ0v) is 13.9. The van der Waals surface area contributed by atoms with Crippen molar-refractivity contribution in [2.24, 2.45) is 0 Å². The molecular formula is C16H29N5. The third-order valence-corrected chi connectivity index (χ3v) is 3.88. The Kier molecular flexibility index (Phi) is 5.79. The highest BCUT2D eigenvalue weighted by atomic mass is 15.3. The van der Waals surface area contributed by atoms with Gasteiger partial charge in [-0.1, -0.05) is 13.8 Å². The lowest BCUT2D eigenvalue weighted by Gasteiger charge is -2.28. The largest absolute Gasteiger partial charge is 0.370 e. The molecule has 1 fully saturated rings. The van der Waals surface area contributed by atoms with Crippen LogP contribution in [0.2, 0.25) is 0 Å². The number of aryl methyl sites for hydroxylation is 1. The Bertz CT molecular complexity index is 446. The van der Waals surface area contributed by atoms with Crippen molar-refractivity contribution in [3.63, 3.8) is 0 Å². The summed E-state index contributed by atoms with van der Waals surface area (Å²) in [4.78, 5) is 14.1. The molecule has 1 atom stereocenters. The molecule has 1 unspecified atom stereocenters. The highest BCUT2D eigenvalue weighted by Gasteiger charge is 2.26. The van der Waals surface area contributed by atoms with E-state index >= 15 is 0 Å². The average Bonchev–Trinajstić information content (AvgIpc) is 2.92. The molecule has 0 radical (unpaired) electrons. The number of nitrogens with zero attached hydrogens (tertiary/aromatic N) is 4. The summed E-state index contributed by atoms with van der Waals surface area (Å²) in [7, 11) is 4.28. The van der Waals surface area contributed by atoms with E-state index in [4.69, 9.17) is 4.98 Å². The molecule has 1 aliphatic rings. The summed E-state index contributed by atoms with van der Waals surface area (Å²) in [5.74, 6) is 2.99. The molecule has 5 heteroatoms. The fourth-order valence-corrected chi connectivity index (χ4v) is 2.88. The van der Waals surface area contributed by atoms with Crippen LogP contribution in [0.1, 0.15) is 38.9 Å². The molecule has 0 spiro atoms. The molecule has 1 aromatic heterocycles. The molecular weight excluding hydrogens is 262 g/mol. The first-order valence-electron chi connectivity index (χ1n) is 8.17. The van der Waals surface area contributed by atoms with Gasteiger partial charge in [-0.25, -0.2) is 9.97 Å². The molecule has 0 aliphatic carbocycles. The zero-order chi connectivity index (χ0) is 15.2. The predicted molar refractivity (Wildman–Crippen MR) is 89.1 cm³/mol. The average molecular weight is 291 g/mol. The van der Waals surface area contributed by atoms with E-state index in [1.54, 1.807) is 0 Å². The Morgan fingerprint density at radius 2 is 2.14 bits per heavy atom. The summed E-state index contributed by atoms with van der Waals surface area (Å²) in [5, 5.41) is 3.40. The molecule has 21 heavy (non-hydrogen) atoms. The minimum absolute atomic E-state index is 0.568. The number of aromatic nitrogens is 2. The van der Waals surface area contributed by atoms with Crippen molar-refractivity contribution in [2.75, 3.05) is 43.9 Å². The van der Waals surface area contributed by atoms with Crippen LogP contribution in [-0.4, -0.2) is 54.6 Å². The van der Waals surface area contributed by atoms with Crippen molar-refractivity contribution in [1.82, 2.24) is 14.9 Å². The van der Waals surface area contributed by atoms with Crippen LogP contribution in [0.3, 0.4) is 0 Å². The lowest BCUT2D eigenvalue weighted by Crippen LogP contribution is -2.38. The van der Waals surface area contributed by atoms with E-state index in [0.29, 0.717) is 6.04 Å². The van der Waals surface area contributed by atoms with Gasteiger partial charge in [0, 0.05) is 38.2 Å². The van der Waals surface area contributed by atoms with E-state index in [9.17, 15) is 0 Å². The number of nitrogens with one attached hydrogen (secondary N) is 1. The monoisotopic (exact) mass is 291 g/mol. The van der Waals surface area contributed by atoms with Gasteiger partial charge in [-0.3, -0.25) is 0 Å². The van der Waals surface area contributed by atoms with Crippen molar-refractivity contribution in [3.8, 4) is 0 Å². The van der Waals surface area contributed by atoms with Gasteiger partial charge in [0.15, 0.2) is 0 Å². The molecule has 0 amide bonds. The van der Waals surface area contributed by atoms with Gasteiger partial charge < -0.3 is 15.1 Å². The standard InChI is InChI=1S/C16H29N5/c1-5-9-17-15-11-16(19-14(6-2)18-15)21-10-7-8-13(21)12-20(3)4/h11,13H,5-10,12H2,1-4H3,(H,17,18,19). The number of hydrogen-bond acceptors (Lipinski definition) is 5. The maximum atomic E-state index is 4.76. The van der Waals surface area contributed by atoms with E-state index < -0.39 is 0 Å². The number of hydrogen-bond donors (Lipinski definition) is 1. The van der Waals surface area contributed by atoms with E-state index in [1.807, 2.05) is 0 Å². The number of anilines is 2. The first kappa shape index (κ1) is 16.0. The fourth-order valence-electron chi connectivity index (χ4n) is 2.88. The topological polar surface area (TPSA) is 44.3 Å². The SMILES string of the molecule is CCCNc1cc(N2CCCC2CN(C)C)nc(CC)n1. The molecule has 2 rings (SSSR count). The molecule has 1 saturated heterocycles. The van der Waals surface area contributed by atoms with Crippen molar-refractivity contribution in [2.45, 2.75) is 45.6 Å². The van der Waals surface area contributed by atoms with Crippen molar-refractivity contribution >= 4 is 11.6 Å². The number of likely N-dealkylation sites (N-methyl/N-ethyl adjacent to an activating group) is 1. The number of rotatable bonds is 7. The van der Waals surface area contributed by atoms with E-state index in [1.165, 1.54) is 12.8 Å². The Labute approximate surface area is 128 Å². The third-order valence-electron chi connectivity index (χ3n) is 3.88. The van der Waals surface area contributed by atoms with Crippen molar-refractivity contribution < 1.29 is 0 Å². The summed E-state index contributed by atoms with van der Waals surface area (Å²) in [6.45, 7) is 7.43. The molecule has 2 heterocycles. The van der Waals surface area contributed by atoms with Crippen LogP contribution in [-0.2, 0) is 6.42 Å². The smallest absolute Gasteiger partial charge is 0.134 e. The van der Waals surface area contributed by atoms with E-state index in [0.717, 1.165) is 49.9 Å². The third kappa shape index (κ3) is 4.30. The van der Waals surface area contributed by atoms with E-state index in [2.05, 4.69) is 54.1 Å². The van der Waals surface area contributed by atoms with Gasteiger partial charge in [-0.15, -0.1) is 0 Å². The first-order valence-corrected chi connectivity index (χ1v) is 8.17. The molecule has 1 aliphatic heterocycles. The Hall–Kier alpha value is -1.36. The Morgan fingerprint density at radius 3 is 2.81 bits per heavy atom. The minimum atomic E-state index is 0.568. The van der Waals surface area contributed by atoms with Crippen molar-refractivity contribution in [3.05, 3.63) is 11.9 Å². The second kappa shape index (κ2) is 7.59. The van der Waals surface area contributed by atoms with Crippen LogP contribution in [0.4, 0.5) is 11.6 Å². The minimum Gasteiger partial charge on any atom is -0.370 e. The first-order chi connectivity index (χ1) is 10.1. The summed E-state index contributed by atoms with van der Waals surface area (Å²) in [5.41, 5.74) is 0. The van der Waals surface area contributed by atoms with Crippen LogP contribution >= 0.6 is 0 Å². The van der Waals surface area contributed by atoms with Gasteiger partial charge in [-0.05, 0) is 33.4 Å². The normalized spacial score (nSPS) is 18.5. The summed E-state index contributed by atoms with van der Waals surface area (Å²) in [6, 6.07) is 2.68. The summed E-state index contributed by atoms with van der Waals surface area (Å²) in [6.07, 6.45) is 4.48. The van der Waals surface area contributed by atoms with Crippen LogP contribution in [0.5, 0.6) is 0 Å². The lowest BCUT2D eigenvalue weighted by atomic mass is 10.2. The maximum Gasteiger partial charge on any atom is 0.134 e. The molecule has 118 valence electrons. The summed E-state index contributed by atoms with van der Waals surface area (Å²) >= 11 is 0. The Balaban J connectivity index is 2.20. The molecule has 0 aromatic carbocycles. The zero-order valence-electron chi connectivity index (χ0n) is 13.9.